The lowest BCUT2D eigenvalue weighted by atomic mass is 10.3. The van der Waals surface area contributed by atoms with Crippen LogP contribution in [0.15, 0.2) is 71.6 Å². The Bertz CT molecular complexity index is 1170. The zero-order valence-electron chi connectivity index (χ0n) is 16.3. The Kier molecular flexibility index (Phi) is 7.27. The summed E-state index contributed by atoms with van der Waals surface area (Å²) in [6.07, 6.45) is 0. The first-order valence-corrected chi connectivity index (χ1v) is 11.2. The van der Waals surface area contributed by atoms with Crippen molar-refractivity contribution >= 4 is 50.5 Å². The highest BCUT2D eigenvalue weighted by Crippen LogP contribution is 2.27. The average Bonchev–Trinajstić information content (AvgIpc) is 2.74. The molecule has 0 atom stereocenters. The number of halogens is 2. The highest BCUT2D eigenvalue weighted by molar-refractivity contribution is 7.92. The minimum atomic E-state index is -3.78. The van der Waals surface area contributed by atoms with Gasteiger partial charge in [0.2, 0.25) is 0 Å². The fraction of sp³-hybridized carbons (Fsp3) is 0.0952. The highest BCUT2D eigenvalue weighted by atomic mass is 35.5. The van der Waals surface area contributed by atoms with Gasteiger partial charge < -0.3 is 14.8 Å². The van der Waals surface area contributed by atoms with Gasteiger partial charge in [-0.05, 0) is 66.7 Å². The number of ether oxygens (including phenoxy) is 2. The Morgan fingerprint density at radius 3 is 2.19 bits per heavy atom. The Morgan fingerprint density at radius 2 is 1.58 bits per heavy atom. The molecule has 3 aromatic carbocycles. The summed E-state index contributed by atoms with van der Waals surface area (Å²) in [5.41, 5.74) is 0.883. The number of sulfonamides is 1. The Hall–Kier alpha value is -2.94. The fourth-order valence-corrected chi connectivity index (χ4v) is 3.98. The average molecular weight is 481 g/mol. The van der Waals surface area contributed by atoms with E-state index in [9.17, 15) is 13.2 Å². The summed E-state index contributed by atoms with van der Waals surface area (Å²) in [5.74, 6) is 0.437. The molecule has 0 aliphatic rings. The predicted molar refractivity (Wildman–Crippen MR) is 121 cm³/mol. The molecule has 0 heterocycles. The molecule has 0 bridgehead atoms. The normalized spacial score (nSPS) is 10.9. The van der Waals surface area contributed by atoms with Crippen molar-refractivity contribution in [3.8, 4) is 11.5 Å². The number of anilines is 2. The molecule has 162 valence electrons. The molecular formula is C21H18Cl2N2O5S. The van der Waals surface area contributed by atoms with E-state index in [0.717, 1.165) is 0 Å². The van der Waals surface area contributed by atoms with Crippen molar-refractivity contribution in [2.24, 2.45) is 0 Å². The largest absolute Gasteiger partial charge is 0.495 e. The van der Waals surface area contributed by atoms with Crippen LogP contribution >= 0.6 is 23.2 Å². The summed E-state index contributed by atoms with van der Waals surface area (Å²) in [7, 11) is -2.28. The molecule has 0 spiro atoms. The molecule has 3 aromatic rings. The van der Waals surface area contributed by atoms with Crippen molar-refractivity contribution in [2.45, 2.75) is 4.90 Å². The van der Waals surface area contributed by atoms with Crippen LogP contribution in [-0.2, 0) is 14.8 Å². The van der Waals surface area contributed by atoms with Crippen LogP contribution in [0.2, 0.25) is 10.0 Å². The van der Waals surface area contributed by atoms with E-state index in [4.69, 9.17) is 32.7 Å². The van der Waals surface area contributed by atoms with Crippen molar-refractivity contribution in [3.05, 3.63) is 76.8 Å². The Balaban J connectivity index is 1.56. The van der Waals surface area contributed by atoms with E-state index in [-0.39, 0.29) is 11.5 Å². The third-order valence-electron chi connectivity index (χ3n) is 4.04. The van der Waals surface area contributed by atoms with E-state index in [0.29, 0.717) is 32.9 Å². The number of amides is 1. The van der Waals surface area contributed by atoms with E-state index in [1.165, 1.54) is 31.4 Å². The number of carbonyl (C=O) groups is 1. The molecule has 0 unspecified atom stereocenters. The number of benzene rings is 3. The van der Waals surface area contributed by atoms with Gasteiger partial charge in [0, 0.05) is 16.4 Å². The van der Waals surface area contributed by atoms with Gasteiger partial charge in [-0.3, -0.25) is 9.52 Å². The quantitative estimate of drug-likeness (QED) is 0.481. The third kappa shape index (κ3) is 6.27. The van der Waals surface area contributed by atoms with Crippen LogP contribution < -0.4 is 19.5 Å². The molecule has 2 N–H and O–H groups in total. The van der Waals surface area contributed by atoms with Crippen molar-refractivity contribution in [1.82, 2.24) is 0 Å². The molecule has 0 saturated heterocycles. The molecule has 0 aromatic heterocycles. The first-order valence-electron chi connectivity index (χ1n) is 8.91. The van der Waals surface area contributed by atoms with Gasteiger partial charge in [0.15, 0.2) is 6.61 Å². The smallest absolute Gasteiger partial charge is 0.262 e. The Morgan fingerprint density at radius 1 is 0.935 bits per heavy atom. The minimum absolute atomic E-state index is 0.0483. The van der Waals surface area contributed by atoms with Crippen molar-refractivity contribution in [2.75, 3.05) is 23.8 Å². The molecule has 31 heavy (non-hydrogen) atoms. The van der Waals surface area contributed by atoms with Crippen molar-refractivity contribution in [3.63, 3.8) is 0 Å². The van der Waals surface area contributed by atoms with Crippen LogP contribution in [0.1, 0.15) is 0 Å². The fourth-order valence-electron chi connectivity index (χ4n) is 2.54. The van der Waals surface area contributed by atoms with Gasteiger partial charge >= 0.3 is 0 Å². The van der Waals surface area contributed by atoms with Crippen molar-refractivity contribution in [1.29, 1.82) is 0 Å². The summed E-state index contributed by atoms with van der Waals surface area (Å²) < 4.78 is 37.9. The summed E-state index contributed by atoms with van der Waals surface area (Å²) in [5, 5.41) is 3.52. The molecule has 0 saturated carbocycles. The van der Waals surface area contributed by atoms with Gasteiger partial charge in [0.25, 0.3) is 15.9 Å². The maximum atomic E-state index is 12.5. The molecule has 0 radical (unpaired) electrons. The van der Waals surface area contributed by atoms with Crippen LogP contribution in [0, 0.1) is 0 Å². The zero-order chi connectivity index (χ0) is 22.4. The first-order chi connectivity index (χ1) is 14.8. The molecule has 0 aliphatic carbocycles. The monoisotopic (exact) mass is 480 g/mol. The van der Waals surface area contributed by atoms with Crippen LogP contribution in [0.3, 0.4) is 0 Å². The number of hydrogen-bond acceptors (Lipinski definition) is 5. The van der Waals surface area contributed by atoms with Gasteiger partial charge in [-0.15, -0.1) is 0 Å². The van der Waals surface area contributed by atoms with Crippen molar-refractivity contribution < 1.29 is 22.7 Å². The second kappa shape index (κ2) is 9.91. The first kappa shape index (κ1) is 22.7. The molecule has 10 heteroatoms. The topological polar surface area (TPSA) is 93.7 Å². The molecule has 1 amide bonds. The van der Waals surface area contributed by atoms with Crippen LogP contribution in [-0.4, -0.2) is 28.0 Å². The standard InChI is InChI=1S/C21H18Cl2N2O5S/c1-29-20-11-6-16(12-19(20)23)24-21(26)13-30-17-7-9-18(10-8-17)31(27,28)25-15-4-2-14(22)3-5-15/h2-12,25H,13H2,1H3,(H,24,26). The van der Waals surface area contributed by atoms with Gasteiger partial charge in [0.05, 0.1) is 17.0 Å². The van der Waals surface area contributed by atoms with E-state index >= 15 is 0 Å². The lowest BCUT2D eigenvalue weighted by Gasteiger charge is -2.11. The highest BCUT2D eigenvalue weighted by Gasteiger charge is 2.14. The second-order valence-electron chi connectivity index (χ2n) is 6.27. The SMILES string of the molecule is COc1ccc(NC(=O)COc2ccc(S(=O)(=O)Nc3ccc(Cl)cc3)cc2)cc1Cl. The third-order valence-corrected chi connectivity index (χ3v) is 5.98. The van der Waals surface area contributed by atoms with Gasteiger partial charge in [-0.1, -0.05) is 23.2 Å². The van der Waals surface area contributed by atoms with Crippen LogP contribution in [0.5, 0.6) is 11.5 Å². The summed E-state index contributed by atoms with van der Waals surface area (Å²) in [6, 6.07) is 16.8. The Labute approximate surface area is 189 Å². The number of hydrogen-bond donors (Lipinski definition) is 2. The second-order valence-corrected chi connectivity index (χ2v) is 8.80. The molecule has 7 nitrogen and oxygen atoms in total. The molecular weight excluding hydrogens is 463 g/mol. The molecule has 0 fully saturated rings. The summed E-state index contributed by atoms with van der Waals surface area (Å²) >= 11 is 11.8. The minimum Gasteiger partial charge on any atom is -0.495 e. The number of rotatable bonds is 8. The predicted octanol–water partition coefficient (Wildman–Crippen LogP) is 4.82. The maximum absolute atomic E-state index is 12.5. The van der Waals surface area contributed by atoms with Gasteiger partial charge in [0.1, 0.15) is 11.5 Å². The van der Waals surface area contributed by atoms with Crippen LogP contribution in [0.25, 0.3) is 0 Å². The lowest BCUT2D eigenvalue weighted by molar-refractivity contribution is -0.118. The van der Waals surface area contributed by atoms with E-state index < -0.39 is 15.9 Å². The summed E-state index contributed by atoms with van der Waals surface area (Å²) in [4.78, 5) is 12.1. The van der Waals surface area contributed by atoms with E-state index in [1.807, 2.05) is 0 Å². The molecule has 3 rings (SSSR count). The van der Waals surface area contributed by atoms with E-state index in [1.54, 1.807) is 42.5 Å². The van der Waals surface area contributed by atoms with E-state index in [2.05, 4.69) is 10.0 Å². The number of carbonyl (C=O) groups excluding carboxylic acids is 1. The number of methoxy groups -OCH3 is 1. The van der Waals surface area contributed by atoms with Gasteiger partial charge in [-0.25, -0.2) is 8.42 Å². The van der Waals surface area contributed by atoms with Gasteiger partial charge in [-0.2, -0.15) is 0 Å². The maximum Gasteiger partial charge on any atom is 0.262 e. The summed E-state index contributed by atoms with van der Waals surface area (Å²) in [6.45, 7) is -0.265. The van der Waals surface area contributed by atoms with Crippen LogP contribution in [0.4, 0.5) is 11.4 Å². The number of nitrogens with one attached hydrogen (secondary N) is 2. The lowest BCUT2D eigenvalue weighted by Crippen LogP contribution is -2.20. The molecule has 0 aliphatic heterocycles. The zero-order valence-corrected chi connectivity index (χ0v) is 18.6.